The van der Waals surface area contributed by atoms with Gasteiger partial charge in [-0.15, -0.1) is 0 Å². The van der Waals surface area contributed by atoms with Gasteiger partial charge in [-0.1, -0.05) is 45.0 Å². The first kappa shape index (κ1) is 26.1. The molecule has 0 saturated carbocycles. The van der Waals surface area contributed by atoms with E-state index in [-0.39, 0.29) is 28.4 Å². The fourth-order valence-corrected chi connectivity index (χ4v) is 4.48. The molecule has 192 valence electrons. The number of hydrogen-bond donors (Lipinski definition) is 1. The molecule has 1 aliphatic heterocycles. The third-order valence-electron chi connectivity index (χ3n) is 6.45. The highest BCUT2D eigenvalue weighted by Gasteiger charge is 2.47. The van der Waals surface area contributed by atoms with Crippen molar-refractivity contribution in [3.8, 4) is 5.75 Å². The van der Waals surface area contributed by atoms with E-state index in [0.717, 1.165) is 5.56 Å². The Hall–Kier alpha value is -3.93. The van der Waals surface area contributed by atoms with Crippen molar-refractivity contribution in [3.63, 3.8) is 0 Å². The highest BCUT2D eigenvalue weighted by atomic mass is 19.1. The van der Waals surface area contributed by atoms with Gasteiger partial charge in [-0.25, -0.2) is 4.39 Å². The first-order chi connectivity index (χ1) is 17.4. The lowest BCUT2D eigenvalue weighted by Crippen LogP contribution is -2.29. The number of benzene rings is 3. The fourth-order valence-electron chi connectivity index (χ4n) is 4.48. The molecule has 0 radical (unpaired) electrons. The first-order valence-electron chi connectivity index (χ1n) is 12.3. The lowest BCUT2D eigenvalue weighted by molar-refractivity contribution is -0.132. The Bertz CT molecular complexity index is 1370. The molecular weight excluding hydrogens is 469 g/mol. The molecule has 1 saturated heterocycles. The molecular formula is C31H32FNO4. The molecule has 0 aromatic heterocycles. The van der Waals surface area contributed by atoms with Gasteiger partial charge in [0.05, 0.1) is 17.7 Å². The number of carbonyl (C=O) groups excluding carboxylic acids is 2. The Morgan fingerprint density at radius 1 is 0.973 bits per heavy atom. The summed E-state index contributed by atoms with van der Waals surface area (Å²) in [5.41, 5.74) is 2.74. The van der Waals surface area contributed by atoms with E-state index in [0.29, 0.717) is 22.6 Å². The number of anilines is 1. The van der Waals surface area contributed by atoms with Crippen molar-refractivity contribution < 1.29 is 23.8 Å². The topological polar surface area (TPSA) is 66.8 Å². The Balaban J connectivity index is 1.88. The van der Waals surface area contributed by atoms with Gasteiger partial charge in [-0.05, 0) is 85.3 Å². The van der Waals surface area contributed by atoms with E-state index in [1.54, 1.807) is 31.2 Å². The third kappa shape index (κ3) is 5.15. The van der Waals surface area contributed by atoms with Crippen LogP contribution in [0, 0.1) is 12.7 Å². The van der Waals surface area contributed by atoms with E-state index in [9.17, 15) is 19.1 Å². The van der Waals surface area contributed by atoms with Crippen LogP contribution in [0.5, 0.6) is 5.75 Å². The molecule has 1 unspecified atom stereocenters. The largest absolute Gasteiger partial charge is 0.507 e. The highest BCUT2D eigenvalue weighted by Crippen LogP contribution is 2.43. The molecule has 1 fully saturated rings. The van der Waals surface area contributed by atoms with Crippen LogP contribution in [-0.4, -0.2) is 22.9 Å². The minimum absolute atomic E-state index is 0.0134. The molecule has 3 aromatic carbocycles. The lowest BCUT2D eigenvalue weighted by Gasteiger charge is -2.27. The summed E-state index contributed by atoms with van der Waals surface area (Å²) in [5.74, 6) is -1.67. The van der Waals surface area contributed by atoms with E-state index < -0.39 is 23.5 Å². The number of Topliss-reactive ketones (excluding diaryl/α,β-unsaturated/α-hetero) is 1. The van der Waals surface area contributed by atoms with Crippen LogP contribution < -0.4 is 9.64 Å². The Kier molecular flexibility index (Phi) is 6.96. The van der Waals surface area contributed by atoms with Gasteiger partial charge in [0.15, 0.2) is 0 Å². The zero-order valence-corrected chi connectivity index (χ0v) is 22.0. The van der Waals surface area contributed by atoms with Crippen molar-refractivity contribution in [3.05, 3.63) is 100 Å². The average Bonchev–Trinajstić information content (AvgIpc) is 3.10. The normalized spacial score (nSPS) is 17.5. The summed E-state index contributed by atoms with van der Waals surface area (Å²) >= 11 is 0. The van der Waals surface area contributed by atoms with Crippen LogP contribution in [0.2, 0.25) is 0 Å². The van der Waals surface area contributed by atoms with Crippen LogP contribution in [0.25, 0.3) is 5.76 Å². The zero-order valence-electron chi connectivity index (χ0n) is 22.0. The molecule has 3 aromatic rings. The lowest BCUT2D eigenvalue weighted by atomic mass is 9.85. The van der Waals surface area contributed by atoms with Crippen LogP contribution in [0.3, 0.4) is 0 Å². The zero-order chi connectivity index (χ0) is 27.1. The number of ketones is 1. The minimum Gasteiger partial charge on any atom is -0.507 e. The number of carbonyl (C=O) groups is 2. The average molecular weight is 502 g/mol. The fraction of sp³-hybridized carbons (Fsp3) is 0.290. The Morgan fingerprint density at radius 3 is 2.14 bits per heavy atom. The number of ether oxygens (including phenoxy) is 1. The summed E-state index contributed by atoms with van der Waals surface area (Å²) < 4.78 is 19.6. The molecule has 1 atom stereocenters. The Labute approximate surface area is 217 Å². The molecule has 4 rings (SSSR count). The molecule has 1 N–H and O–H groups in total. The second-order valence-corrected chi connectivity index (χ2v) is 10.7. The number of aliphatic hydroxyl groups excluding tert-OH is 1. The van der Waals surface area contributed by atoms with Gasteiger partial charge in [-0.3, -0.25) is 14.5 Å². The predicted octanol–water partition coefficient (Wildman–Crippen LogP) is 6.85. The van der Waals surface area contributed by atoms with Gasteiger partial charge in [0.1, 0.15) is 17.3 Å². The van der Waals surface area contributed by atoms with Crippen LogP contribution in [0.1, 0.15) is 62.9 Å². The monoisotopic (exact) mass is 501 g/mol. The van der Waals surface area contributed by atoms with Gasteiger partial charge in [0.2, 0.25) is 0 Å². The van der Waals surface area contributed by atoms with E-state index in [1.165, 1.54) is 23.1 Å². The van der Waals surface area contributed by atoms with Gasteiger partial charge in [0.25, 0.3) is 11.7 Å². The highest BCUT2D eigenvalue weighted by molar-refractivity contribution is 6.51. The summed E-state index contributed by atoms with van der Waals surface area (Å²) in [6.07, 6.45) is -0.0134. The number of aryl methyl sites for hydroxylation is 1. The number of rotatable bonds is 5. The second-order valence-electron chi connectivity index (χ2n) is 10.7. The molecule has 1 aliphatic rings. The summed E-state index contributed by atoms with van der Waals surface area (Å²) in [7, 11) is 0. The van der Waals surface area contributed by atoms with Gasteiger partial charge in [-0.2, -0.15) is 0 Å². The van der Waals surface area contributed by atoms with Gasteiger partial charge in [0, 0.05) is 11.3 Å². The van der Waals surface area contributed by atoms with E-state index >= 15 is 0 Å². The molecule has 1 heterocycles. The maximum atomic E-state index is 13.9. The van der Waals surface area contributed by atoms with Gasteiger partial charge >= 0.3 is 0 Å². The number of amides is 1. The first-order valence-corrected chi connectivity index (χ1v) is 12.3. The van der Waals surface area contributed by atoms with Crippen molar-refractivity contribution in [2.75, 3.05) is 4.90 Å². The quantitative estimate of drug-likeness (QED) is 0.236. The SMILES string of the molecule is Cc1cc(/C(O)=C2/C(=O)C(=O)N(c3ccc(OC(C)C)cc3)C2c2ccc(C(C)(C)C)cc2)ccc1F. The summed E-state index contributed by atoms with van der Waals surface area (Å²) in [5, 5.41) is 11.3. The third-order valence-corrected chi connectivity index (χ3v) is 6.45. The molecule has 0 bridgehead atoms. The number of hydrogen-bond acceptors (Lipinski definition) is 4. The Morgan fingerprint density at radius 2 is 1.59 bits per heavy atom. The molecule has 37 heavy (non-hydrogen) atoms. The molecule has 6 heteroatoms. The molecule has 5 nitrogen and oxygen atoms in total. The van der Waals surface area contributed by atoms with Crippen molar-refractivity contribution in [1.29, 1.82) is 0 Å². The van der Waals surface area contributed by atoms with Gasteiger partial charge < -0.3 is 9.84 Å². The van der Waals surface area contributed by atoms with Crippen molar-refractivity contribution in [2.45, 2.75) is 59.1 Å². The molecule has 1 amide bonds. The summed E-state index contributed by atoms with van der Waals surface area (Å²) in [4.78, 5) is 28.2. The standard InChI is InChI=1S/C31H32FNO4/c1-18(2)37-24-14-12-23(13-15-24)33-27(20-7-10-22(11-8-20)31(4,5)6)26(29(35)30(33)36)28(34)21-9-16-25(32)19(3)17-21/h7-18,27,34H,1-6H3/b28-26-. The molecule has 0 aliphatic carbocycles. The van der Waals surface area contributed by atoms with Crippen LogP contribution in [0.15, 0.2) is 72.3 Å². The number of aliphatic hydroxyl groups is 1. The maximum absolute atomic E-state index is 13.9. The van der Waals surface area contributed by atoms with Crippen molar-refractivity contribution in [1.82, 2.24) is 0 Å². The predicted molar refractivity (Wildman–Crippen MR) is 143 cm³/mol. The summed E-state index contributed by atoms with van der Waals surface area (Å²) in [6, 6.07) is 17.9. The van der Waals surface area contributed by atoms with Crippen molar-refractivity contribution in [2.24, 2.45) is 0 Å². The smallest absolute Gasteiger partial charge is 0.300 e. The van der Waals surface area contributed by atoms with Crippen LogP contribution >= 0.6 is 0 Å². The van der Waals surface area contributed by atoms with Crippen molar-refractivity contribution >= 4 is 23.1 Å². The van der Waals surface area contributed by atoms with Crippen LogP contribution in [-0.2, 0) is 15.0 Å². The number of nitrogens with zero attached hydrogens (tertiary/aromatic N) is 1. The molecule has 0 spiro atoms. The summed E-state index contributed by atoms with van der Waals surface area (Å²) in [6.45, 7) is 11.7. The van der Waals surface area contributed by atoms with Crippen LogP contribution in [0.4, 0.5) is 10.1 Å². The second kappa shape index (κ2) is 9.85. The minimum atomic E-state index is -0.865. The number of halogens is 1. The van der Waals surface area contributed by atoms with E-state index in [2.05, 4.69) is 20.8 Å². The maximum Gasteiger partial charge on any atom is 0.300 e. The van der Waals surface area contributed by atoms with E-state index in [1.807, 2.05) is 38.1 Å². The van der Waals surface area contributed by atoms with E-state index in [4.69, 9.17) is 4.74 Å².